The topological polar surface area (TPSA) is 86.8 Å². The van der Waals surface area contributed by atoms with Gasteiger partial charge in [-0.05, 0) is 56.0 Å². The monoisotopic (exact) mass is 503 g/mol. The van der Waals surface area contributed by atoms with E-state index in [1.807, 2.05) is 38.1 Å². The summed E-state index contributed by atoms with van der Waals surface area (Å²) in [5.74, 6) is -1.24. The summed E-state index contributed by atoms with van der Waals surface area (Å²) in [7, 11) is -3.85. The summed E-state index contributed by atoms with van der Waals surface area (Å²) in [4.78, 5) is 28.3. The molecule has 1 aliphatic carbocycles. The highest BCUT2D eigenvalue weighted by molar-refractivity contribution is 7.92. The van der Waals surface area contributed by atoms with Crippen LogP contribution in [0.1, 0.15) is 50.2 Å². The molecule has 1 fully saturated rings. The van der Waals surface area contributed by atoms with Crippen molar-refractivity contribution >= 4 is 27.5 Å². The van der Waals surface area contributed by atoms with E-state index in [1.165, 1.54) is 17.0 Å². The van der Waals surface area contributed by atoms with Crippen molar-refractivity contribution in [3.8, 4) is 0 Å². The van der Waals surface area contributed by atoms with Gasteiger partial charge in [-0.15, -0.1) is 0 Å². The Hall–Kier alpha value is -2.94. The molecule has 1 aliphatic rings. The second-order valence-corrected chi connectivity index (χ2v) is 11.1. The van der Waals surface area contributed by atoms with Gasteiger partial charge in [-0.3, -0.25) is 13.9 Å². The molecule has 2 aromatic carbocycles. The summed E-state index contributed by atoms with van der Waals surface area (Å²) in [5, 5.41) is 3.08. The zero-order valence-electron chi connectivity index (χ0n) is 20.5. The second-order valence-electron chi connectivity index (χ2n) is 9.17. The molecule has 2 aromatic rings. The van der Waals surface area contributed by atoms with Crippen LogP contribution in [0.5, 0.6) is 0 Å². The van der Waals surface area contributed by atoms with Gasteiger partial charge in [-0.25, -0.2) is 12.8 Å². The first kappa shape index (κ1) is 26.7. The Morgan fingerprint density at radius 3 is 2.34 bits per heavy atom. The fourth-order valence-electron chi connectivity index (χ4n) is 4.52. The third-order valence-electron chi connectivity index (χ3n) is 6.32. The van der Waals surface area contributed by atoms with E-state index in [-0.39, 0.29) is 24.2 Å². The van der Waals surface area contributed by atoms with Crippen molar-refractivity contribution in [3.63, 3.8) is 0 Å². The van der Waals surface area contributed by atoms with Gasteiger partial charge in [0.15, 0.2) is 0 Å². The predicted octanol–water partition coefficient (Wildman–Crippen LogP) is 3.77. The van der Waals surface area contributed by atoms with Gasteiger partial charge in [0, 0.05) is 12.6 Å². The number of sulfonamides is 1. The third kappa shape index (κ3) is 7.27. The summed E-state index contributed by atoms with van der Waals surface area (Å²) in [6, 6.07) is 11.9. The van der Waals surface area contributed by atoms with Gasteiger partial charge in [-0.2, -0.15) is 0 Å². The summed E-state index contributed by atoms with van der Waals surface area (Å²) < 4.78 is 39.5. The molecule has 0 saturated heterocycles. The molecule has 35 heavy (non-hydrogen) atoms. The van der Waals surface area contributed by atoms with E-state index in [0.717, 1.165) is 59.5 Å². The van der Waals surface area contributed by atoms with E-state index in [1.54, 1.807) is 0 Å². The number of hydrogen-bond acceptors (Lipinski definition) is 4. The minimum atomic E-state index is -3.85. The number of anilines is 1. The first-order valence-electron chi connectivity index (χ1n) is 12.0. The number of carbonyl (C=O) groups is 2. The molecule has 0 radical (unpaired) electrons. The van der Waals surface area contributed by atoms with Crippen LogP contribution in [0.3, 0.4) is 0 Å². The fraction of sp³-hybridized carbons (Fsp3) is 0.462. The van der Waals surface area contributed by atoms with Gasteiger partial charge in [0.05, 0.1) is 11.9 Å². The van der Waals surface area contributed by atoms with Gasteiger partial charge >= 0.3 is 0 Å². The largest absolute Gasteiger partial charge is 0.352 e. The molecule has 0 heterocycles. The average Bonchev–Trinajstić information content (AvgIpc) is 3.30. The van der Waals surface area contributed by atoms with E-state index in [0.29, 0.717) is 6.42 Å². The minimum Gasteiger partial charge on any atom is -0.352 e. The van der Waals surface area contributed by atoms with Crippen molar-refractivity contribution in [3.05, 3.63) is 65.5 Å². The second kappa shape index (κ2) is 11.7. The lowest BCUT2D eigenvalue weighted by Crippen LogP contribution is -2.53. The molecule has 0 bridgehead atoms. The number of nitrogens with one attached hydrogen (secondary N) is 1. The Balaban J connectivity index is 1.91. The van der Waals surface area contributed by atoms with Crippen LogP contribution in [0, 0.1) is 12.7 Å². The van der Waals surface area contributed by atoms with E-state index < -0.39 is 34.3 Å². The summed E-state index contributed by atoms with van der Waals surface area (Å²) in [6.45, 7) is 3.45. The quantitative estimate of drug-likeness (QED) is 0.535. The summed E-state index contributed by atoms with van der Waals surface area (Å²) in [6.07, 6.45) is 5.34. The standard InChI is InChI=1S/C26H34FN3O4S/c1-4-24(26(32)28-22-10-5-6-11-22)29(17-20-9-7-8-19(2)16-20)25(31)18-30(35(3,33)34)23-14-12-21(27)13-15-23/h7-9,12-16,22,24H,4-6,10-11,17-18H2,1-3H3,(H,28,32)/t24-/m1/s1. The number of hydrogen-bond donors (Lipinski definition) is 1. The predicted molar refractivity (Wildman–Crippen MR) is 135 cm³/mol. The summed E-state index contributed by atoms with van der Waals surface area (Å²) in [5.41, 5.74) is 2.04. The number of aryl methyl sites for hydroxylation is 1. The fourth-order valence-corrected chi connectivity index (χ4v) is 5.36. The molecule has 9 heteroatoms. The molecule has 2 amide bonds. The van der Waals surface area contributed by atoms with Crippen LogP contribution in [-0.4, -0.2) is 50.0 Å². The first-order valence-corrected chi connectivity index (χ1v) is 13.8. The lowest BCUT2D eigenvalue weighted by Gasteiger charge is -2.33. The highest BCUT2D eigenvalue weighted by Gasteiger charge is 2.33. The molecule has 0 spiro atoms. The molecule has 0 aromatic heterocycles. The van der Waals surface area contributed by atoms with Crippen LogP contribution in [-0.2, 0) is 26.2 Å². The molecular weight excluding hydrogens is 469 g/mol. The van der Waals surface area contributed by atoms with Crippen molar-refractivity contribution < 1.29 is 22.4 Å². The molecule has 1 atom stereocenters. The minimum absolute atomic E-state index is 0.0965. The maximum atomic E-state index is 13.6. The van der Waals surface area contributed by atoms with Crippen LogP contribution in [0.25, 0.3) is 0 Å². The third-order valence-corrected chi connectivity index (χ3v) is 7.46. The lowest BCUT2D eigenvalue weighted by atomic mass is 10.1. The highest BCUT2D eigenvalue weighted by Crippen LogP contribution is 2.22. The van der Waals surface area contributed by atoms with E-state index >= 15 is 0 Å². The lowest BCUT2D eigenvalue weighted by molar-refractivity contribution is -0.140. The van der Waals surface area contributed by atoms with E-state index in [4.69, 9.17) is 0 Å². The number of halogens is 1. The molecule has 1 N–H and O–H groups in total. The molecule has 1 saturated carbocycles. The maximum absolute atomic E-state index is 13.6. The Labute approximate surface area is 207 Å². The van der Waals surface area contributed by atoms with Crippen molar-refractivity contribution in [2.24, 2.45) is 0 Å². The SMILES string of the molecule is CC[C@H](C(=O)NC1CCCC1)N(Cc1cccc(C)c1)C(=O)CN(c1ccc(F)cc1)S(C)(=O)=O. The van der Waals surface area contributed by atoms with Gasteiger partial charge < -0.3 is 10.2 Å². The van der Waals surface area contributed by atoms with Crippen molar-refractivity contribution in [2.45, 2.75) is 64.6 Å². The number of benzene rings is 2. The van der Waals surface area contributed by atoms with Crippen molar-refractivity contribution in [1.82, 2.24) is 10.2 Å². The zero-order valence-corrected chi connectivity index (χ0v) is 21.4. The summed E-state index contributed by atoms with van der Waals surface area (Å²) >= 11 is 0. The average molecular weight is 504 g/mol. The molecule has 190 valence electrons. The van der Waals surface area contributed by atoms with Crippen LogP contribution in [0.15, 0.2) is 48.5 Å². The molecule has 0 unspecified atom stereocenters. The van der Waals surface area contributed by atoms with Gasteiger partial charge in [0.25, 0.3) is 0 Å². The first-order chi connectivity index (χ1) is 16.6. The smallest absolute Gasteiger partial charge is 0.244 e. The molecule has 7 nitrogen and oxygen atoms in total. The molecule has 0 aliphatic heterocycles. The van der Waals surface area contributed by atoms with Crippen LogP contribution in [0.4, 0.5) is 10.1 Å². The van der Waals surface area contributed by atoms with Gasteiger partial charge in [0.2, 0.25) is 21.8 Å². The highest BCUT2D eigenvalue weighted by atomic mass is 32.2. The van der Waals surface area contributed by atoms with Crippen LogP contribution in [0.2, 0.25) is 0 Å². The van der Waals surface area contributed by atoms with Gasteiger partial charge in [-0.1, -0.05) is 49.6 Å². The Kier molecular flexibility index (Phi) is 8.88. The molecular formula is C26H34FN3O4S. The normalized spacial score (nSPS) is 15.0. The number of amides is 2. The van der Waals surface area contributed by atoms with E-state index in [2.05, 4.69) is 5.32 Å². The number of carbonyl (C=O) groups excluding carboxylic acids is 2. The van der Waals surface area contributed by atoms with E-state index in [9.17, 15) is 22.4 Å². The maximum Gasteiger partial charge on any atom is 0.244 e. The Morgan fingerprint density at radius 1 is 1.11 bits per heavy atom. The molecule has 3 rings (SSSR count). The van der Waals surface area contributed by atoms with Crippen molar-refractivity contribution in [2.75, 3.05) is 17.1 Å². The Bertz CT molecular complexity index is 1130. The number of rotatable bonds is 10. The zero-order chi connectivity index (χ0) is 25.6. The van der Waals surface area contributed by atoms with Gasteiger partial charge in [0.1, 0.15) is 18.4 Å². The number of nitrogens with zero attached hydrogens (tertiary/aromatic N) is 2. The van der Waals surface area contributed by atoms with Crippen LogP contribution < -0.4 is 9.62 Å². The Morgan fingerprint density at radius 2 is 1.77 bits per heavy atom. The van der Waals surface area contributed by atoms with Crippen LogP contribution >= 0.6 is 0 Å². The van der Waals surface area contributed by atoms with Crippen molar-refractivity contribution in [1.29, 1.82) is 0 Å².